The number of nitrogens with one attached hydrogen (secondary N) is 2. The van der Waals surface area contributed by atoms with Crippen LogP contribution in [0.4, 0.5) is 15.3 Å². The zero-order chi connectivity index (χ0) is 17.6. The molecule has 0 aliphatic carbocycles. The summed E-state index contributed by atoms with van der Waals surface area (Å²) in [6.07, 6.45) is -0.490. The lowest BCUT2D eigenvalue weighted by Gasteiger charge is -2.26. The van der Waals surface area contributed by atoms with Crippen molar-refractivity contribution in [3.63, 3.8) is 0 Å². The van der Waals surface area contributed by atoms with Crippen LogP contribution in [0.1, 0.15) is 26.3 Å². The molecule has 3 amide bonds. The summed E-state index contributed by atoms with van der Waals surface area (Å²) in [5.41, 5.74) is 1.06. The van der Waals surface area contributed by atoms with E-state index in [-0.39, 0.29) is 6.03 Å². The SMILES string of the molecule is CC(C)(C)OC(=O)Nc1ccc(CNC(=O)N2CCOCC2)cc1. The van der Waals surface area contributed by atoms with E-state index in [0.29, 0.717) is 38.5 Å². The summed E-state index contributed by atoms with van der Waals surface area (Å²) in [4.78, 5) is 25.4. The molecule has 0 atom stereocenters. The fourth-order valence-corrected chi connectivity index (χ4v) is 2.18. The highest BCUT2D eigenvalue weighted by atomic mass is 16.6. The lowest BCUT2D eigenvalue weighted by molar-refractivity contribution is 0.0531. The maximum absolute atomic E-state index is 12.0. The van der Waals surface area contributed by atoms with E-state index in [1.165, 1.54) is 0 Å². The molecule has 2 N–H and O–H groups in total. The van der Waals surface area contributed by atoms with Crippen LogP contribution in [0.25, 0.3) is 0 Å². The first-order valence-corrected chi connectivity index (χ1v) is 8.03. The number of benzene rings is 1. The molecule has 1 aromatic rings. The molecular formula is C17H25N3O4. The number of rotatable bonds is 3. The zero-order valence-electron chi connectivity index (χ0n) is 14.4. The molecule has 0 aromatic heterocycles. The highest BCUT2D eigenvalue weighted by Gasteiger charge is 2.17. The summed E-state index contributed by atoms with van der Waals surface area (Å²) in [7, 11) is 0. The predicted octanol–water partition coefficient (Wildman–Crippen LogP) is 2.58. The standard InChI is InChI=1S/C17H25N3O4/c1-17(2,3)24-16(22)19-14-6-4-13(5-7-14)12-18-15(21)20-8-10-23-11-9-20/h4-7H,8-12H2,1-3H3,(H,18,21)(H,19,22). The minimum atomic E-state index is -0.534. The summed E-state index contributed by atoms with van der Waals surface area (Å²) >= 11 is 0. The molecule has 0 unspecified atom stereocenters. The second-order valence-electron chi connectivity index (χ2n) is 6.58. The first-order valence-electron chi connectivity index (χ1n) is 8.03. The first-order chi connectivity index (χ1) is 11.3. The first kappa shape index (κ1) is 18.1. The van der Waals surface area contributed by atoms with Crippen molar-refractivity contribution >= 4 is 17.8 Å². The number of carbonyl (C=O) groups is 2. The molecule has 7 nitrogen and oxygen atoms in total. The van der Waals surface area contributed by atoms with E-state index in [2.05, 4.69) is 10.6 Å². The molecule has 132 valence electrons. The smallest absolute Gasteiger partial charge is 0.412 e. The van der Waals surface area contributed by atoms with Gasteiger partial charge >= 0.3 is 12.1 Å². The van der Waals surface area contributed by atoms with Gasteiger partial charge in [0.1, 0.15) is 5.60 Å². The highest BCUT2D eigenvalue weighted by molar-refractivity contribution is 5.84. The van der Waals surface area contributed by atoms with Crippen LogP contribution in [0.3, 0.4) is 0 Å². The Morgan fingerprint density at radius 1 is 1.17 bits per heavy atom. The van der Waals surface area contributed by atoms with Crippen molar-refractivity contribution in [3.05, 3.63) is 29.8 Å². The molecule has 0 bridgehead atoms. The molecule has 24 heavy (non-hydrogen) atoms. The fraction of sp³-hybridized carbons (Fsp3) is 0.529. The van der Waals surface area contributed by atoms with Crippen molar-refractivity contribution in [2.75, 3.05) is 31.6 Å². The Morgan fingerprint density at radius 2 is 1.79 bits per heavy atom. The Balaban J connectivity index is 1.79. The van der Waals surface area contributed by atoms with Gasteiger partial charge in [0.25, 0.3) is 0 Å². The monoisotopic (exact) mass is 335 g/mol. The van der Waals surface area contributed by atoms with Gasteiger partial charge in [0.05, 0.1) is 13.2 Å². The van der Waals surface area contributed by atoms with Crippen molar-refractivity contribution < 1.29 is 19.1 Å². The molecular weight excluding hydrogens is 310 g/mol. The lowest BCUT2D eigenvalue weighted by atomic mass is 10.2. The molecule has 1 fully saturated rings. The number of carbonyl (C=O) groups excluding carboxylic acids is 2. The topological polar surface area (TPSA) is 79.9 Å². The molecule has 1 aliphatic heterocycles. The second kappa shape index (κ2) is 8.01. The van der Waals surface area contributed by atoms with Gasteiger partial charge in [0.15, 0.2) is 0 Å². The maximum Gasteiger partial charge on any atom is 0.412 e. The number of morpholine rings is 1. The van der Waals surface area contributed by atoms with Gasteiger partial charge < -0.3 is 19.7 Å². The minimum Gasteiger partial charge on any atom is -0.444 e. The van der Waals surface area contributed by atoms with E-state index in [4.69, 9.17) is 9.47 Å². The number of anilines is 1. The Bertz CT molecular complexity index is 560. The molecule has 1 saturated heterocycles. The largest absolute Gasteiger partial charge is 0.444 e. The van der Waals surface area contributed by atoms with Gasteiger partial charge in [-0.1, -0.05) is 12.1 Å². The summed E-state index contributed by atoms with van der Waals surface area (Å²) in [5.74, 6) is 0. The molecule has 1 aliphatic rings. The molecule has 0 saturated carbocycles. The van der Waals surface area contributed by atoms with Crippen molar-refractivity contribution in [2.24, 2.45) is 0 Å². The average molecular weight is 335 g/mol. The number of nitrogens with zero attached hydrogens (tertiary/aromatic N) is 1. The van der Waals surface area contributed by atoms with Crippen molar-refractivity contribution in [3.8, 4) is 0 Å². The third-order valence-corrected chi connectivity index (χ3v) is 3.34. The Kier molecular flexibility index (Phi) is 6.03. The van der Waals surface area contributed by atoms with Crippen LogP contribution in [0.5, 0.6) is 0 Å². The van der Waals surface area contributed by atoms with E-state index in [9.17, 15) is 9.59 Å². The average Bonchev–Trinajstić information content (AvgIpc) is 2.53. The molecule has 1 aromatic carbocycles. The van der Waals surface area contributed by atoms with Gasteiger partial charge in [0.2, 0.25) is 0 Å². The third kappa shape index (κ3) is 6.08. The van der Waals surface area contributed by atoms with Crippen LogP contribution in [0.2, 0.25) is 0 Å². The van der Waals surface area contributed by atoms with Crippen LogP contribution < -0.4 is 10.6 Å². The van der Waals surface area contributed by atoms with Crippen LogP contribution in [-0.2, 0) is 16.0 Å². The fourth-order valence-electron chi connectivity index (χ4n) is 2.18. The van der Waals surface area contributed by atoms with E-state index in [0.717, 1.165) is 5.56 Å². The van der Waals surface area contributed by atoms with Crippen LogP contribution >= 0.6 is 0 Å². The van der Waals surface area contributed by atoms with Crippen LogP contribution in [-0.4, -0.2) is 48.9 Å². The minimum absolute atomic E-state index is 0.0887. The van der Waals surface area contributed by atoms with Crippen molar-refractivity contribution in [2.45, 2.75) is 32.9 Å². The van der Waals surface area contributed by atoms with E-state index >= 15 is 0 Å². The lowest BCUT2D eigenvalue weighted by Crippen LogP contribution is -2.45. The predicted molar refractivity (Wildman–Crippen MR) is 90.9 cm³/mol. The number of urea groups is 1. The van der Waals surface area contributed by atoms with E-state index in [1.54, 1.807) is 17.0 Å². The third-order valence-electron chi connectivity index (χ3n) is 3.34. The van der Waals surface area contributed by atoms with Gasteiger partial charge in [0, 0.05) is 25.3 Å². The maximum atomic E-state index is 12.0. The molecule has 0 radical (unpaired) electrons. The number of ether oxygens (including phenoxy) is 2. The molecule has 0 spiro atoms. The quantitative estimate of drug-likeness (QED) is 0.890. The van der Waals surface area contributed by atoms with Gasteiger partial charge in [-0.2, -0.15) is 0 Å². The Hall–Kier alpha value is -2.28. The van der Waals surface area contributed by atoms with Gasteiger partial charge in [-0.15, -0.1) is 0 Å². The van der Waals surface area contributed by atoms with Crippen molar-refractivity contribution in [1.82, 2.24) is 10.2 Å². The highest BCUT2D eigenvalue weighted by Crippen LogP contribution is 2.13. The van der Waals surface area contributed by atoms with Gasteiger partial charge in [-0.05, 0) is 38.5 Å². The summed E-state index contributed by atoms with van der Waals surface area (Å²) < 4.78 is 10.4. The van der Waals surface area contributed by atoms with Gasteiger partial charge in [-0.3, -0.25) is 5.32 Å². The summed E-state index contributed by atoms with van der Waals surface area (Å²) in [5, 5.41) is 5.55. The van der Waals surface area contributed by atoms with E-state index < -0.39 is 11.7 Å². The molecule has 7 heteroatoms. The Morgan fingerprint density at radius 3 is 2.38 bits per heavy atom. The zero-order valence-corrected chi connectivity index (χ0v) is 14.4. The second-order valence-corrected chi connectivity index (χ2v) is 6.58. The summed E-state index contributed by atoms with van der Waals surface area (Å²) in [6.45, 7) is 8.27. The molecule has 1 heterocycles. The van der Waals surface area contributed by atoms with Gasteiger partial charge in [-0.25, -0.2) is 9.59 Å². The number of amides is 3. The normalized spacial score (nSPS) is 14.9. The molecule has 2 rings (SSSR count). The number of hydrogen-bond acceptors (Lipinski definition) is 4. The number of hydrogen-bond donors (Lipinski definition) is 2. The van der Waals surface area contributed by atoms with E-state index in [1.807, 2.05) is 32.9 Å². The van der Waals surface area contributed by atoms with Crippen LogP contribution in [0.15, 0.2) is 24.3 Å². The summed E-state index contributed by atoms with van der Waals surface area (Å²) in [6, 6.07) is 7.17. The Labute approximate surface area is 142 Å². The van der Waals surface area contributed by atoms with Crippen molar-refractivity contribution in [1.29, 1.82) is 0 Å². The van der Waals surface area contributed by atoms with Crippen LogP contribution in [0, 0.1) is 0 Å².